The summed E-state index contributed by atoms with van der Waals surface area (Å²) in [5, 5.41) is 0.534. The fraction of sp³-hybridized carbons (Fsp3) is 0.450. The predicted octanol–water partition coefficient (Wildman–Crippen LogP) is 2.79. The summed E-state index contributed by atoms with van der Waals surface area (Å²) in [5.41, 5.74) is 2.79. The van der Waals surface area contributed by atoms with Crippen LogP contribution in [0.25, 0.3) is 0 Å². The summed E-state index contributed by atoms with van der Waals surface area (Å²) in [6.45, 7) is 2.32. The fourth-order valence-electron chi connectivity index (χ4n) is 3.13. The second kappa shape index (κ2) is 10.0. The molecular weight excluding hydrogens is 398 g/mol. The van der Waals surface area contributed by atoms with Crippen LogP contribution < -0.4 is 0 Å². The summed E-state index contributed by atoms with van der Waals surface area (Å²) in [6.07, 6.45) is 4.76. The van der Waals surface area contributed by atoms with Crippen molar-refractivity contribution in [2.24, 2.45) is 0 Å². The Morgan fingerprint density at radius 3 is 2.89 bits per heavy atom. The lowest BCUT2D eigenvalue weighted by Crippen LogP contribution is -2.29. The molecular formula is C20H23NO5S2. The second-order valence-corrected chi connectivity index (χ2v) is 8.41. The Kier molecular flexibility index (Phi) is 7.44. The van der Waals surface area contributed by atoms with E-state index >= 15 is 0 Å². The molecule has 0 unspecified atom stereocenters. The molecule has 6 nitrogen and oxygen atoms in total. The normalized spacial score (nSPS) is 17.1. The topological polar surface area (TPSA) is 72.9 Å². The molecule has 0 saturated carbocycles. The van der Waals surface area contributed by atoms with Gasteiger partial charge < -0.3 is 14.4 Å². The number of aryl methyl sites for hydroxylation is 2. The molecule has 0 bridgehead atoms. The van der Waals surface area contributed by atoms with Gasteiger partial charge in [-0.2, -0.15) is 0 Å². The van der Waals surface area contributed by atoms with Crippen molar-refractivity contribution in [1.82, 2.24) is 4.90 Å². The number of esters is 2. The number of ether oxygens (including phenoxy) is 2. The maximum atomic E-state index is 12.0. The first kappa shape index (κ1) is 20.8. The van der Waals surface area contributed by atoms with Crippen LogP contribution in [0.3, 0.4) is 0 Å². The third kappa shape index (κ3) is 5.54. The van der Waals surface area contributed by atoms with E-state index in [2.05, 4.69) is 18.2 Å². The first-order valence-electron chi connectivity index (χ1n) is 9.28. The molecule has 1 amide bonds. The van der Waals surface area contributed by atoms with E-state index in [0.717, 1.165) is 17.7 Å². The minimum absolute atomic E-state index is 0.0933. The molecule has 0 N–H and O–H groups in total. The average Bonchev–Trinajstić information content (AvgIpc) is 3.27. The fourth-order valence-corrected chi connectivity index (χ4v) is 4.84. The van der Waals surface area contributed by atoms with Crippen molar-refractivity contribution < 1.29 is 23.9 Å². The van der Waals surface area contributed by atoms with E-state index in [4.69, 9.17) is 9.47 Å². The number of carbonyl (C=O) groups is 3. The number of carbonyl (C=O) groups excluding carboxylic acids is 3. The molecule has 1 aliphatic heterocycles. The van der Waals surface area contributed by atoms with Crippen LogP contribution in [0.4, 0.5) is 0 Å². The van der Waals surface area contributed by atoms with Crippen LogP contribution in [0.1, 0.15) is 24.5 Å². The van der Waals surface area contributed by atoms with Gasteiger partial charge in [-0.05, 0) is 49.4 Å². The molecule has 0 aromatic heterocycles. The lowest BCUT2D eigenvalue weighted by atomic mass is 10.1. The highest BCUT2D eigenvalue weighted by atomic mass is 32.2. The molecule has 1 heterocycles. The number of nitrogens with zero attached hydrogens (tertiary/aromatic N) is 1. The molecule has 3 rings (SSSR count). The highest BCUT2D eigenvalue weighted by Crippen LogP contribution is 2.29. The van der Waals surface area contributed by atoms with Crippen molar-refractivity contribution in [2.75, 3.05) is 31.3 Å². The Labute approximate surface area is 173 Å². The van der Waals surface area contributed by atoms with Crippen molar-refractivity contribution in [3.8, 4) is 0 Å². The quantitative estimate of drug-likeness (QED) is 0.363. The van der Waals surface area contributed by atoms with Crippen LogP contribution in [-0.2, 0) is 36.7 Å². The minimum atomic E-state index is -0.479. The second-order valence-electron chi connectivity index (χ2n) is 6.36. The van der Waals surface area contributed by atoms with Crippen LogP contribution in [0, 0.1) is 0 Å². The molecule has 1 aromatic rings. The minimum Gasteiger partial charge on any atom is -0.463 e. The summed E-state index contributed by atoms with van der Waals surface area (Å²) in [4.78, 5) is 38.1. The first-order chi connectivity index (χ1) is 13.6. The number of thioether (sulfide) groups is 2. The molecule has 1 fully saturated rings. The van der Waals surface area contributed by atoms with Gasteiger partial charge in [0.15, 0.2) is 0 Å². The van der Waals surface area contributed by atoms with Gasteiger partial charge in [-0.15, -0.1) is 11.8 Å². The zero-order valence-electron chi connectivity index (χ0n) is 15.8. The molecule has 0 spiro atoms. The van der Waals surface area contributed by atoms with Crippen LogP contribution >= 0.6 is 23.5 Å². The van der Waals surface area contributed by atoms with Crippen molar-refractivity contribution >= 4 is 41.4 Å². The van der Waals surface area contributed by atoms with Gasteiger partial charge in [0.1, 0.15) is 6.61 Å². The maximum Gasteiger partial charge on any atom is 0.333 e. The molecule has 8 heteroatoms. The summed E-state index contributed by atoms with van der Waals surface area (Å²) < 4.78 is 10.1. The number of rotatable bonds is 8. The van der Waals surface area contributed by atoms with Gasteiger partial charge in [-0.3, -0.25) is 9.59 Å². The molecule has 1 saturated heterocycles. The van der Waals surface area contributed by atoms with Gasteiger partial charge in [0.25, 0.3) is 0 Å². The van der Waals surface area contributed by atoms with Crippen LogP contribution in [0.5, 0.6) is 0 Å². The van der Waals surface area contributed by atoms with Crippen molar-refractivity contribution in [3.63, 3.8) is 0 Å². The van der Waals surface area contributed by atoms with E-state index in [-0.39, 0.29) is 43.1 Å². The zero-order valence-corrected chi connectivity index (χ0v) is 17.4. The Morgan fingerprint density at radius 1 is 1.25 bits per heavy atom. The summed E-state index contributed by atoms with van der Waals surface area (Å²) in [6, 6.07) is 6.35. The molecule has 0 radical (unpaired) electrons. The molecule has 1 aliphatic carbocycles. The maximum absolute atomic E-state index is 12.0. The lowest BCUT2D eigenvalue weighted by Gasteiger charge is -2.16. The number of hydrogen-bond acceptors (Lipinski definition) is 7. The van der Waals surface area contributed by atoms with Gasteiger partial charge in [0.05, 0.1) is 35.8 Å². The average molecular weight is 422 g/mol. The summed E-state index contributed by atoms with van der Waals surface area (Å²) in [7, 11) is 0. The van der Waals surface area contributed by atoms with Crippen LogP contribution in [0.15, 0.2) is 34.2 Å². The Hall–Kier alpha value is -1.93. The van der Waals surface area contributed by atoms with Gasteiger partial charge in [0.2, 0.25) is 5.91 Å². The van der Waals surface area contributed by atoms with Gasteiger partial charge in [-0.25, -0.2) is 4.79 Å². The molecule has 28 heavy (non-hydrogen) atoms. The van der Waals surface area contributed by atoms with Crippen LogP contribution in [-0.4, -0.2) is 54.0 Å². The lowest BCUT2D eigenvalue weighted by molar-refractivity contribution is -0.142. The SMILES string of the molecule is CCOC(=O)/C=C1\SCC(=O)N1CCOC(=O)CSc1ccc2c(c1)CCC2. The van der Waals surface area contributed by atoms with E-state index in [1.807, 2.05) is 0 Å². The van der Waals surface area contributed by atoms with Crippen molar-refractivity contribution in [2.45, 2.75) is 31.1 Å². The van der Waals surface area contributed by atoms with Gasteiger partial charge in [-0.1, -0.05) is 17.8 Å². The molecule has 2 aliphatic rings. The summed E-state index contributed by atoms with van der Waals surface area (Å²) >= 11 is 2.74. The Morgan fingerprint density at radius 2 is 2.07 bits per heavy atom. The number of hydrogen-bond donors (Lipinski definition) is 0. The van der Waals surface area contributed by atoms with Crippen molar-refractivity contribution in [1.29, 1.82) is 0 Å². The molecule has 150 valence electrons. The van der Waals surface area contributed by atoms with E-state index in [9.17, 15) is 14.4 Å². The smallest absolute Gasteiger partial charge is 0.333 e. The largest absolute Gasteiger partial charge is 0.463 e. The standard InChI is InChI=1S/C20H23NO5S2/c1-2-25-19(23)11-18-21(17(22)12-28-18)8-9-26-20(24)13-27-16-7-6-14-4-3-5-15(14)10-16/h6-7,10-11H,2-5,8-9,12-13H2,1H3/b18-11-. The highest BCUT2D eigenvalue weighted by Gasteiger charge is 2.27. The highest BCUT2D eigenvalue weighted by molar-refractivity contribution is 8.04. The van der Waals surface area contributed by atoms with E-state index in [1.165, 1.54) is 52.0 Å². The number of fused-ring (bicyclic) bond motifs is 1. The van der Waals surface area contributed by atoms with Gasteiger partial charge in [0, 0.05) is 4.90 Å². The molecule has 0 atom stereocenters. The monoisotopic (exact) mass is 421 g/mol. The third-order valence-electron chi connectivity index (χ3n) is 4.44. The van der Waals surface area contributed by atoms with E-state index in [1.54, 1.807) is 6.92 Å². The number of benzene rings is 1. The van der Waals surface area contributed by atoms with Crippen LogP contribution in [0.2, 0.25) is 0 Å². The molecule has 1 aromatic carbocycles. The first-order valence-corrected chi connectivity index (χ1v) is 11.3. The Bertz CT molecular complexity index is 793. The number of amides is 1. The van der Waals surface area contributed by atoms with Gasteiger partial charge >= 0.3 is 11.9 Å². The zero-order chi connectivity index (χ0) is 19.9. The van der Waals surface area contributed by atoms with Crippen molar-refractivity contribution in [3.05, 3.63) is 40.4 Å². The van der Waals surface area contributed by atoms with E-state index in [0.29, 0.717) is 5.03 Å². The predicted molar refractivity (Wildman–Crippen MR) is 109 cm³/mol. The third-order valence-corrected chi connectivity index (χ3v) is 6.44. The Balaban J connectivity index is 1.43. The summed E-state index contributed by atoms with van der Waals surface area (Å²) in [5.74, 6) is -0.405. The van der Waals surface area contributed by atoms with E-state index < -0.39 is 5.97 Å².